The van der Waals surface area contributed by atoms with Crippen LogP contribution in [-0.2, 0) is 10.0 Å². The molecule has 1 fully saturated rings. The van der Waals surface area contributed by atoms with Crippen LogP contribution >= 0.6 is 0 Å². The summed E-state index contributed by atoms with van der Waals surface area (Å²) in [5.74, 6) is -0.0999. The molecule has 5 nitrogen and oxygen atoms in total. The third kappa shape index (κ3) is 3.93. The standard InChI is InChI=1S/C17H26N2O3S/c1-4-18(2)17(20)14-10-12-16(13-11-14)23(21,22)19(3)15-8-6-5-7-9-15/h10-13,15H,4-9H2,1-3H3. The van der Waals surface area contributed by atoms with Gasteiger partial charge in [0.15, 0.2) is 0 Å². The Kier molecular flexibility index (Phi) is 5.81. The number of sulfonamides is 1. The van der Waals surface area contributed by atoms with Crippen molar-refractivity contribution in [3.05, 3.63) is 29.8 Å². The number of nitrogens with zero attached hydrogens (tertiary/aromatic N) is 2. The van der Waals surface area contributed by atoms with Gasteiger partial charge in [0.05, 0.1) is 4.90 Å². The first-order valence-corrected chi connectivity index (χ1v) is 9.65. The van der Waals surface area contributed by atoms with E-state index in [1.807, 2.05) is 6.92 Å². The lowest BCUT2D eigenvalue weighted by Gasteiger charge is -2.30. The van der Waals surface area contributed by atoms with Gasteiger partial charge < -0.3 is 4.90 Å². The lowest BCUT2D eigenvalue weighted by molar-refractivity contribution is 0.0802. The van der Waals surface area contributed by atoms with Gasteiger partial charge in [-0.2, -0.15) is 4.31 Å². The van der Waals surface area contributed by atoms with Crippen molar-refractivity contribution >= 4 is 15.9 Å². The summed E-state index contributed by atoms with van der Waals surface area (Å²) in [7, 11) is -0.110. The molecule has 1 aromatic rings. The van der Waals surface area contributed by atoms with Gasteiger partial charge in [0.2, 0.25) is 10.0 Å². The summed E-state index contributed by atoms with van der Waals surface area (Å²) in [6.45, 7) is 2.51. The molecule has 23 heavy (non-hydrogen) atoms. The van der Waals surface area contributed by atoms with Gasteiger partial charge in [-0.1, -0.05) is 19.3 Å². The summed E-state index contributed by atoms with van der Waals surface area (Å²) in [6, 6.07) is 6.34. The molecule has 6 heteroatoms. The molecule has 0 unspecified atom stereocenters. The van der Waals surface area contributed by atoms with E-state index in [1.165, 1.54) is 22.9 Å². The summed E-state index contributed by atoms with van der Waals surface area (Å²) in [4.78, 5) is 13.9. The van der Waals surface area contributed by atoms with Gasteiger partial charge in [-0.05, 0) is 44.0 Å². The number of amides is 1. The van der Waals surface area contributed by atoms with Gasteiger partial charge in [-0.3, -0.25) is 4.79 Å². The van der Waals surface area contributed by atoms with E-state index in [0.717, 1.165) is 25.7 Å². The van der Waals surface area contributed by atoms with Crippen LogP contribution < -0.4 is 0 Å². The van der Waals surface area contributed by atoms with E-state index in [9.17, 15) is 13.2 Å². The number of carbonyl (C=O) groups is 1. The average Bonchev–Trinajstić information content (AvgIpc) is 2.60. The number of carbonyl (C=O) groups excluding carboxylic acids is 1. The molecule has 0 spiro atoms. The minimum atomic E-state index is -3.50. The van der Waals surface area contributed by atoms with Crippen LogP contribution in [0.1, 0.15) is 49.4 Å². The maximum atomic E-state index is 12.7. The maximum Gasteiger partial charge on any atom is 0.253 e. The van der Waals surface area contributed by atoms with E-state index < -0.39 is 10.0 Å². The highest BCUT2D eigenvalue weighted by molar-refractivity contribution is 7.89. The smallest absolute Gasteiger partial charge is 0.253 e. The number of hydrogen-bond acceptors (Lipinski definition) is 3. The topological polar surface area (TPSA) is 57.7 Å². The molecule has 0 aliphatic heterocycles. The third-order valence-electron chi connectivity index (χ3n) is 4.69. The monoisotopic (exact) mass is 338 g/mol. The Hall–Kier alpha value is -1.40. The lowest BCUT2D eigenvalue weighted by Crippen LogP contribution is -2.38. The molecule has 1 saturated carbocycles. The van der Waals surface area contributed by atoms with Gasteiger partial charge in [0, 0.05) is 32.2 Å². The van der Waals surface area contributed by atoms with Crippen molar-refractivity contribution in [2.24, 2.45) is 0 Å². The molecular formula is C17H26N2O3S. The SMILES string of the molecule is CCN(C)C(=O)c1ccc(S(=O)(=O)N(C)C2CCCCC2)cc1. The predicted molar refractivity (Wildman–Crippen MR) is 90.9 cm³/mol. The van der Waals surface area contributed by atoms with E-state index in [4.69, 9.17) is 0 Å². The molecule has 2 rings (SSSR count). The largest absolute Gasteiger partial charge is 0.342 e. The molecule has 128 valence electrons. The first-order valence-electron chi connectivity index (χ1n) is 8.21. The zero-order valence-corrected chi connectivity index (χ0v) is 15.0. The molecule has 0 N–H and O–H groups in total. The zero-order valence-electron chi connectivity index (χ0n) is 14.2. The highest BCUT2D eigenvalue weighted by atomic mass is 32.2. The van der Waals surface area contributed by atoms with Gasteiger partial charge in [0.1, 0.15) is 0 Å². The van der Waals surface area contributed by atoms with Gasteiger partial charge in [-0.15, -0.1) is 0 Å². The molecular weight excluding hydrogens is 312 g/mol. The Bertz CT molecular complexity index is 634. The second kappa shape index (κ2) is 7.45. The lowest BCUT2D eigenvalue weighted by atomic mass is 9.96. The molecule has 0 heterocycles. The second-order valence-electron chi connectivity index (χ2n) is 6.16. The first-order chi connectivity index (χ1) is 10.9. The van der Waals surface area contributed by atoms with E-state index in [-0.39, 0.29) is 16.8 Å². The van der Waals surface area contributed by atoms with Crippen molar-refractivity contribution in [3.63, 3.8) is 0 Å². The van der Waals surface area contributed by atoms with Crippen LogP contribution in [0, 0.1) is 0 Å². The van der Waals surface area contributed by atoms with Crippen molar-refractivity contribution in [1.82, 2.24) is 9.21 Å². The number of rotatable bonds is 5. The molecule has 0 radical (unpaired) electrons. The van der Waals surface area contributed by atoms with E-state index in [0.29, 0.717) is 12.1 Å². The van der Waals surface area contributed by atoms with Crippen molar-refractivity contribution in [3.8, 4) is 0 Å². The molecule has 1 amide bonds. The highest BCUT2D eigenvalue weighted by Gasteiger charge is 2.29. The highest BCUT2D eigenvalue weighted by Crippen LogP contribution is 2.26. The van der Waals surface area contributed by atoms with E-state index in [1.54, 1.807) is 31.1 Å². The van der Waals surface area contributed by atoms with Crippen LogP contribution in [0.2, 0.25) is 0 Å². The summed E-state index contributed by atoms with van der Waals surface area (Å²) in [6.07, 6.45) is 5.20. The summed E-state index contributed by atoms with van der Waals surface area (Å²) in [5.41, 5.74) is 0.508. The van der Waals surface area contributed by atoms with Crippen LogP contribution in [-0.4, -0.2) is 50.2 Å². The van der Waals surface area contributed by atoms with Gasteiger partial charge >= 0.3 is 0 Å². The predicted octanol–water partition coefficient (Wildman–Crippen LogP) is 2.73. The summed E-state index contributed by atoms with van der Waals surface area (Å²) < 4.78 is 27.0. The summed E-state index contributed by atoms with van der Waals surface area (Å²) >= 11 is 0. The van der Waals surface area contributed by atoms with Gasteiger partial charge in [0.25, 0.3) is 5.91 Å². The fraction of sp³-hybridized carbons (Fsp3) is 0.588. The average molecular weight is 338 g/mol. The fourth-order valence-electron chi connectivity index (χ4n) is 2.94. The van der Waals surface area contributed by atoms with Crippen molar-refractivity contribution in [2.75, 3.05) is 20.6 Å². The molecule has 0 bridgehead atoms. The van der Waals surface area contributed by atoms with Crippen molar-refractivity contribution in [2.45, 2.75) is 50.0 Å². The minimum absolute atomic E-state index is 0.0845. The second-order valence-corrected chi connectivity index (χ2v) is 8.15. The van der Waals surface area contributed by atoms with E-state index in [2.05, 4.69) is 0 Å². The Morgan fingerprint density at radius 1 is 1.09 bits per heavy atom. The zero-order chi connectivity index (χ0) is 17.0. The van der Waals surface area contributed by atoms with Gasteiger partial charge in [-0.25, -0.2) is 8.42 Å². The Morgan fingerprint density at radius 3 is 2.17 bits per heavy atom. The fourth-order valence-corrected chi connectivity index (χ4v) is 4.36. The molecule has 0 atom stereocenters. The first kappa shape index (κ1) is 17.9. The quantitative estimate of drug-likeness (QED) is 0.829. The minimum Gasteiger partial charge on any atom is -0.342 e. The molecule has 1 aliphatic rings. The van der Waals surface area contributed by atoms with Crippen LogP contribution in [0.4, 0.5) is 0 Å². The normalized spacial score (nSPS) is 16.5. The van der Waals surface area contributed by atoms with Crippen molar-refractivity contribution < 1.29 is 13.2 Å². The van der Waals surface area contributed by atoms with Crippen molar-refractivity contribution in [1.29, 1.82) is 0 Å². The Labute approximate surface area is 139 Å². The molecule has 0 aromatic heterocycles. The molecule has 1 aromatic carbocycles. The molecule has 0 saturated heterocycles. The Balaban J connectivity index is 2.18. The Morgan fingerprint density at radius 2 is 1.65 bits per heavy atom. The number of benzene rings is 1. The van der Waals surface area contributed by atoms with E-state index >= 15 is 0 Å². The number of hydrogen-bond donors (Lipinski definition) is 0. The van der Waals surface area contributed by atoms with Crippen LogP contribution in [0.15, 0.2) is 29.2 Å². The molecule has 1 aliphatic carbocycles. The van der Waals surface area contributed by atoms with Crippen LogP contribution in [0.25, 0.3) is 0 Å². The van der Waals surface area contributed by atoms with Crippen LogP contribution in [0.5, 0.6) is 0 Å². The summed E-state index contributed by atoms with van der Waals surface area (Å²) in [5, 5.41) is 0. The third-order valence-corrected chi connectivity index (χ3v) is 6.61. The van der Waals surface area contributed by atoms with Crippen LogP contribution in [0.3, 0.4) is 0 Å². The maximum absolute atomic E-state index is 12.7.